The van der Waals surface area contributed by atoms with Gasteiger partial charge in [-0.25, -0.2) is 0 Å². The summed E-state index contributed by atoms with van der Waals surface area (Å²) < 4.78 is 0. The van der Waals surface area contributed by atoms with Gasteiger partial charge >= 0.3 is 0 Å². The summed E-state index contributed by atoms with van der Waals surface area (Å²) in [6.07, 6.45) is 2.06. The third kappa shape index (κ3) is 1.74. The number of aryl methyl sites for hydroxylation is 2. The minimum Gasteiger partial charge on any atom is -0.361 e. The molecule has 1 nitrogen and oxygen atoms in total. The molecule has 0 spiro atoms. The maximum atomic E-state index is 3.31. The van der Waals surface area contributed by atoms with Crippen LogP contribution in [0.3, 0.4) is 0 Å². The monoisotopic (exact) mass is 221 g/mol. The van der Waals surface area contributed by atoms with Crippen molar-refractivity contribution in [2.75, 3.05) is 0 Å². The second kappa shape index (κ2) is 3.77. The van der Waals surface area contributed by atoms with E-state index in [0.29, 0.717) is 0 Å². The fourth-order valence-corrected chi connectivity index (χ4v) is 2.20. The van der Waals surface area contributed by atoms with Crippen molar-refractivity contribution < 1.29 is 0 Å². The molecular weight excluding hydrogens is 206 g/mol. The molecule has 1 aromatic heterocycles. The molecule has 0 fully saturated rings. The van der Waals surface area contributed by atoms with E-state index in [2.05, 4.69) is 67.5 Å². The van der Waals surface area contributed by atoms with Gasteiger partial charge in [-0.15, -0.1) is 0 Å². The maximum Gasteiger partial charge on any atom is 0.0462 e. The number of aromatic amines is 1. The summed E-state index contributed by atoms with van der Waals surface area (Å²) in [4.78, 5) is 3.31. The van der Waals surface area contributed by atoms with Crippen LogP contribution in [0.15, 0.2) is 48.7 Å². The Morgan fingerprint density at radius 2 is 1.53 bits per heavy atom. The zero-order valence-electron chi connectivity index (χ0n) is 10.1. The van der Waals surface area contributed by atoms with Crippen LogP contribution in [0.1, 0.15) is 11.1 Å². The van der Waals surface area contributed by atoms with Gasteiger partial charge in [0.1, 0.15) is 0 Å². The largest absolute Gasteiger partial charge is 0.361 e. The van der Waals surface area contributed by atoms with E-state index in [0.717, 1.165) is 0 Å². The van der Waals surface area contributed by atoms with Crippen LogP contribution in [-0.4, -0.2) is 4.98 Å². The average Bonchev–Trinajstić information content (AvgIpc) is 2.72. The number of hydrogen-bond donors (Lipinski definition) is 1. The number of rotatable bonds is 1. The van der Waals surface area contributed by atoms with Crippen molar-refractivity contribution in [1.29, 1.82) is 0 Å². The molecule has 1 N–H and O–H groups in total. The van der Waals surface area contributed by atoms with Crippen LogP contribution in [-0.2, 0) is 0 Å². The first-order chi connectivity index (χ1) is 8.24. The fourth-order valence-electron chi connectivity index (χ4n) is 2.20. The van der Waals surface area contributed by atoms with Crippen LogP contribution >= 0.6 is 0 Å². The van der Waals surface area contributed by atoms with Crippen LogP contribution in [0.25, 0.3) is 22.0 Å². The average molecular weight is 221 g/mol. The van der Waals surface area contributed by atoms with E-state index in [1.54, 1.807) is 0 Å². The van der Waals surface area contributed by atoms with Crippen molar-refractivity contribution >= 4 is 10.9 Å². The molecule has 1 heteroatoms. The van der Waals surface area contributed by atoms with Crippen molar-refractivity contribution in [3.05, 3.63) is 59.8 Å². The summed E-state index contributed by atoms with van der Waals surface area (Å²) >= 11 is 0. The Balaban J connectivity index is 2.14. The van der Waals surface area contributed by atoms with Crippen molar-refractivity contribution in [2.45, 2.75) is 13.8 Å². The Labute approximate surface area is 101 Å². The molecular formula is C16H15N. The van der Waals surface area contributed by atoms with Gasteiger partial charge in [-0.2, -0.15) is 0 Å². The van der Waals surface area contributed by atoms with Gasteiger partial charge in [-0.3, -0.25) is 0 Å². The van der Waals surface area contributed by atoms with E-state index in [4.69, 9.17) is 0 Å². The van der Waals surface area contributed by atoms with Gasteiger partial charge in [0.2, 0.25) is 0 Å². The molecule has 17 heavy (non-hydrogen) atoms. The normalized spacial score (nSPS) is 10.9. The zero-order valence-corrected chi connectivity index (χ0v) is 10.1. The van der Waals surface area contributed by atoms with Crippen LogP contribution in [0.2, 0.25) is 0 Å². The maximum absolute atomic E-state index is 3.31. The third-order valence-electron chi connectivity index (χ3n) is 3.27. The summed E-state index contributed by atoms with van der Waals surface area (Å²) in [5.74, 6) is 0. The molecule has 0 amide bonds. The first-order valence-electron chi connectivity index (χ1n) is 5.89. The van der Waals surface area contributed by atoms with Crippen molar-refractivity contribution in [1.82, 2.24) is 4.98 Å². The van der Waals surface area contributed by atoms with Crippen molar-refractivity contribution in [2.24, 2.45) is 0 Å². The Morgan fingerprint density at radius 3 is 2.29 bits per heavy atom. The number of nitrogens with one attached hydrogen (secondary N) is 1. The van der Waals surface area contributed by atoms with Gasteiger partial charge in [0.25, 0.3) is 0 Å². The molecule has 84 valence electrons. The first kappa shape index (κ1) is 10.2. The molecule has 0 saturated carbocycles. The summed E-state index contributed by atoms with van der Waals surface area (Å²) in [6.45, 7) is 4.24. The Bertz CT molecular complexity index is 660. The summed E-state index contributed by atoms with van der Waals surface area (Å²) in [5.41, 5.74) is 6.34. The standard InChI is InChI=1S/C16H15N/c1-11-3-5-13(6-4-11)14-7-8-15-12(2)10-17-16(15)9-14/h3-10,17H,1-2H3. The fraction of sp³-hybridized carbons (Fsp3) is 0.125. The van der Waals surface area contributed by atoms with E-state index in [1.165, 1.54) is 33.2 Å². The van der Waals surface area contributed by atoms with Gasteiger partial charge < -0.3 is 4.98 Å². The second-order valence-electron chi connectivity index (χ2n) is 4.60. The molecule has 3 rings (SSSR count). The lowest BCUT2D eigenvalue weighted by Gasteiger charge is -2.03. The van der Waals surface area contributed by atoms with E-state index < -0.39 is 0 Å². The minimum absolute atomic E-state index is 1.21. The molecule has 0 unspecified atom stereocenters. The Kier molecular flexibility index (Phi) is 2.25. The SMILES string of the molecule is Cc1ccc(-c2ccc3c(C)c[nH]c3c2)cc1. The lowest BCUT2D eigenvalue weighted by atomic mass is 10.0. The smallest absolute Gasteiger partial charge is 0.0462 e. The lowest BCUT2D eigenvalue weighted by Crippen LogP contribution is -1.79. The lowest BCUT2D eigenvalue weighted by molar-refractivity contribution is 1.42. The van der Waals surface area contributed by atoms with Gasteiger partial charge in [0, 0.05) is 17.1 Å². The molecule has 0 bridgehead atoms. The van der Waals surface area contributed by atoms with Crippen molar-refractivity contribution in [3.63, 3.8) is 0 Å². The Morgan fingerprint density at radius 1 is 0.824 bits per heavy atom. The predicted octanol–water partition coefficient (Wildman–Crippen LogP) is 4.45. The molecule has 0 aliphatic carbocycles. The zero-order chi connectivity index (χ0) is 11.8. The minimum atomic E-state index is 1.21. The molecule has 0 radical (unpaired) electrons. The number of aromatic nitrogens is 1. The van der Waals surface area contributed by atoms with E-state index in [9.17, 15) is 0 Å². The van der Waals surface area contributed by atoms with E-state index >= 15 is 0 Å². The van der Waals surface area contributed by atoms with Crippen LogP contribution in [0, 0.1) is 13.8 Å². The van der Waals surface area contributed by atoms with Gasteiger partial charge in [-0.05, 0) is 36.6 Å². The highest BCUT2D eigenvalue weighted by molar-refractivity contribution is 5.87. The molecule has 0 aliphatic rings. The van der Waals surface area contributed by atoms with Crippen LogP contribution < -0.4 is 0 Å². The highest BCUT2D eigenvalue weighted by atomic mass is 14.7. The third-order valence-corrected chi connectivity index (χ3v) is 3.27. The molecule has 2 aromatic carbocycles. The highest BCUT2D eigenvalue weighted by Crippen LogP contribution is 2.25. The van der Waals surface area contributed by atoms with E-state index in [1.807, 2.05) is 0 Å². The second-order valence-corrected chi connectivity index (χ2v) is 4.60. The van der Waals surface area contributed by atoms with E-state index in [-0.39, 0.29) is 0 Å². The predicted molar refractivity (Wildman–Crippen MR) is 73.2 cm³/mol. The van der Waals surface area contributed by atoms with Gasteiger partial charge in [0.15, 0.2) is 0 Å². The molecule has 0 saturated heterocycles. The summed E-state index contributed by atoms with van der Waals surface area (Å²) in [6, 6.07) is 15.2. The number of fused-ring (bicyclic) bond motifs is 1. The molecule has 1 heterocycles. The van der Waals surface area contributed by atoms with Gasteiger partial charge in [-0.1, -0.05) is 42.0 Å². The van der Waals surface area contributed by atoms with Crippen LogP contribution in [0.5, 0.6) is 0 Å². The quantitative estimate of drug-likeness (QED) is 0.624. The van der Waals surface area contributed by atoms with Crippen molar-refractivity contribution in [3.8, 4) is 11.1 Å². The summed E-state index contributed by atoms with van der Waals surface area (Å²) in [5, 5.41) is 1.31. The number of hydrogen-bond acceptors (Lipinski definition) is 0. The van der Waals surface area contributed by atoms with Crippen LogP contribution in [0.4, 0.5) is 0 Å². The summed E-state index contributed by atoms with van der Waals surface area (Å²) in [7, 11) is 0. The molecule has 3 aromatic rings. The highest BCUT2D eigenvalue weighted by Gasteiger charge is 2.02. The molecule has 0 atom stereocenters. The number of benzene rings is 2. The number of H-pyrrole nitrogens is 1. The Hall–Kier alpha value is -2.02. The molecule has 0 aliphatic heterocycles. The topological polar surface area (TPSA) is 15.8 Å². The first-order valence-corrected chi connectivity index (χ1v) is 5.89. The van der Waals surface area contributed by atoms with Gasteiger partial charge in [0.05, 0.1) is 0 Å².